The number of carbonyl (C=O) groups is 5. The van der Waals surface area contributed by atoms with Crippen LogP contribution in [0.15, 0.2) is 18.2 Å². The lowest BCUT2D eigenvalue weighted by atomic mass is 10.0. The molecule has 2 rings (SSSR count). The maximum absolute atomic E-state index is 13.2. The second kappa shape index (κ2) is 12.2. The molecule has 3 amide bonds. The van der Waals surface area contributed by atoms with Crippen molar-refractivity contribution in [3.63, 3.8) is 0 Å². The van der Waals surface area contributed by atoms with Crippen LogP contribution in [0.2, 0.25) is 0 Å². The van der Waals surface area contributed by atoms with Gasteiger partial charge < -0.3 is 36.6 Å². The molecule has 0 spiro atoms. The van der Waals surface area contributed by atoms with Gasteiger partial charge in [-0.2, -0.15) is 0 Å². The number of phenols is 1. The number of hydrogen-bond acceptors (Lipinski definition) is 7. The Morgan fingerprint density at radius 2 is 1.86 bits per heavy atom. The summed E-state index contributed by atoms with van der Waals surface area (Å²) in [5, 5.41) is 33.4. The Balaban J connectivity index is 2.15. The van der Waals surface area contributed by atoms with Crippen LogP contribution >= 0.6 is 0 Å². The molecule has 0 bridgehead atoms. The molecule has 0 radical (unpaired) electrons. The number of nitrogens with one attached hydrogen (secondary N) is 2. The Morgan fingerprint density at radius 1 is 1.17 bits per heavy atom. The lowest BCUT2D eigenvalue weighted by molar-refractivity contribution is -0.142. The summed E-state index contributed by atoms with van der Waals surface area (Å²) in [7, 11) is 0. The molecule has 12 nitrogen and oxygen atoms in total. The summed E-state index contributed by atoms with van der Waals surface area (Å²) in [5.74, 6) is -4.47. The number of carboxylic acids is 2. The van der Waals surface area contributed by atoms with Crippen molar-refractivity contribution in [1.29, 1.82) is 0 Å². The van der Waals surface area contributed by atoms with E-state index in [0.717, 1.165) is 0 Å². The number of anilines is 1. The summed E-state index contributed by atoms with van der Waals surface area (Å²) >= 11 is 0. The minimum absolute atomic E-state index is 0.0323. The van der Waals surface area contributed by atoms with Crippen LogP contribution in [-0.2, 0) is 19.2 Å². The van der Waals surface area contributed by atoms with E-state index >= 15 is 0 Å². The fourth-order valence-corrected chi connectivity index (χ4v) is 3.83. The summed E-state index contributed by atoms with van der Waals surface area (Å²) in [6.45, 7) is 3.90. The lowest BCUT2D eigenvalue weighted by Crippen LogP contribution is -2.51. The van der Waals surface area contributed by atoms with Crippen LogP contribution in [0.4, 0.5) is 5.69 Å². The SMILES string of the molecule is CC(C)C[C@H](NC(=O)[C@@H]1CCCN1C(=O)c1cc(NC(=O)[C@@H](N)CCC(=O)O)ccc1O)C(=O)O. The van der Waals surface area contributed by atoms with Crippen LogP contribution < -0.4 is 16.4 Å². The summed E-state index contributed by atoms with van der Waals surface area (Å²) in [6, 6.07) is 0.728. The van der Waals surface area contributed by atoms with E-state index in [1.165, 1.54) is 23.1 Å². The van der Waals surface area contributed by atoms with Gasteiger partial charge in [0.15, 0.2) is 0 Å². The molecule has 1 aromatic carbocycles. The monoisotopic (exact) mass is 492 g/mol. The van der Waals surface area contributed by atoms with Gasteiger partial charge in [0, 0.05) is 18.7 Å². The number of phenolic OH excluding ortho intramolecular Hbond substituents is 1. The van der Waals surface area contributed by atoms with Crippen molar-refractivity contribution >= 4 is 35.3 Å². The zero-order valence-electron chi connectivity index (χ0n) is 19.7. The van der Waals surface area contributed by atoms with Crippen molar-refractivity contribution in [1.82, 2.24) is 10.2 Å². The van der Waals surface area contributed by atoms with Gasteiger partial charge >= 0.3 is 11.9 Å². The molecule has 1 aliphatic rings. The Morgan fingerprint density at radius 3 is 2.46 bits per heavy atom. The molecule has 1 aromatic rings. The van der Waals surface area contributed by atoms with E-state index in [0.29, 0.717) is 12.8 Å². The highest BCUT2D eigenvalue weighted by molar-refractivity contribution is 6.02. The summed E-state index contributed by atoms with van der Waals surface area (Å²) < 4.78 is 0. The molecule has 1 heterocycles. The zero-order valence-corrected chi connectivity index (χ0v) is 19.7. The molecule has 0 saturated carbocycles. The maximum atomic E-state index is 13.2. The number of aliphatic carboxylic acids is 2. The average Bonchev–Trinajstić information content (AvgIpc) is 3.27. The van der Waals surface area contributed by atoms with Gasteiger partial charge in [-0.1, -0.05) is 13.8 Å². The number of rotatable bonds is 11. The number of aromatic hydroxyl groups is 1. The van der Waals surface area contributed by atoms with Crippen LogP contribution in [0, 0.1) is 5.92 Å². The zero-order chi connectivity index (χ0) is 26.3. The van der Waals surface area contributed by atoms with Crippen molar-refractivity contribution in [2.75, 3.05) is 11.9 Å². The largest absolute Gasteiger partial charge is 0.507 e. The lowest BCUT2D eigenvalue weighted by Gasteiger charge is -2.26. The molecule has 12 heteroatoms. The molecule has 0 unspecified atom stereocenters. The molecule has 1 saturated heterocycles. The molecule has 0 aliphatic carbocycles. The fourth-order valence-electron chi connectivity index (χ4n) is 3.83. The van der Waals surface area contributed by atoms with Crippen LogP contribution in [0.1, 0.15) is 56.3 Å². The number of amides is 3. The minimum Gasteiger partial charge on any atom is -0.507 e. The third-order valence-electron chi connectivity index (χ3n) is 5.64. The highest BCUT2D eigenvalue weighted by atomic mass is 16.4. The fraction of sp³-hybridized carbons (Fsp3) is 0.522. The predicted octanol–water partition coefficient (Wildman–Crippen LogP) is 0.743. The van der Waals surface area contributed by atoms with Gasteiger partial charge in [0.05, 0.1) is 11.6 Å². The summed E-state index contributed by atoms with van der Waals surface area (Å²) in [6.07, 6.45) is 0.720. The van der Waals surface area contributed by atoms with Crippen LogP contribution in [0.3, 0.4) is 0 Å². The Kier molecular flexibility index (Phi) is 9.58. The number of nitrogens with two attached hydrogens (primary N) is 1. The van der Waals surface area contributed by atoms with E-state index in [4.69, 9.17) is 10.8 Å². The van der Waals surface area contributed by atoms with Crippen LogP contribution in [0.5, 0.6) is 5.75 Å². The smallest absolute Gasteiger partial charge is 0.326 e. The molecule has 3 atom stereocenters. The number of hydrogen-bond donors (Lipinski definition) is 6. The minimum atomic E-state index is -1.16. The first-order valence-electron chi connectivity index (χ1n) is 11.4. The first-order valence-corrected chi connectivity index (χ1v) is 11.4. The van der Waals surface area contributed by atoms with Gasteiger partial charge in [0.2, 0.25) is 11.8 Å². The van der Waals surface area contributed by atoms with Gasteiger partial charge in [-0.15, -0.1) is 0 Å². The van der Waals surface area contributed by atoms with Gasteiger partial charge in [-0.05, 0) is 49.8 Å². The van der Waals surface area contributed by atoms with Gasteiger partial charge in [0.25, 0.3) is 5.91 Å². The topological polar surface area (TPSA) is 199 Å². The highest BCUT2D eigenvalue weighted by Gasteiger charge is 2.37. The summed E-state index contributed by atoms with van der Waals surface area (Å²) in [5.41, 5.74) is 5.70. The number of likely N-dealkylation sites (tertiary alicyclic amines) is 1. The average molecular weight is 493 g/mol. The number of benzene rings is 1. The van der Waals surface area contributed by atoms with Gasteiger partial charge in [-0.25, -0.2) is 4.79 Å². The van der Waals surface area contributed by atoms with E-state index in [1.807, 2.05) is 13.8 Å². The van der Waals surface area contributed by atoms with Gasteiger partial charge in [-0.3, -0.25) is 19.2 Å². The first-order chi connectivity index (χ1) is 16.4. The highest BCUT2D eigenvalue weighted by Crippen LogP contribution is 2.27. The van der Waals surface area contributed by atoms with E-state index in [9.17, 15) is 34.2 Å². The molecule has 7 N–H and O–H groups in total. The predicted molar refractivity (Wildman–Crippen MR) is 125 cm³/mol. The molecular weight excluding hydrogens is 460 g/mol. The van der Waals surface area contributed by atoms with E-state index in [-0.39, 0.29) is 48.7 Å². The van der Waals surface area contributed by atoms with Crippen LogP contribution in [-0.4, -0.2) is 74.5 Å². The Bertz CT molecular complexity index is 980. The van der Waals surface area contributed by atoms with Crippen molar-refractivity contribution in [3.8, 4) is 5.75 Å². The number of carboxylic acid groups (broad SMARTS) is 2. The van der Waals surface area contributed by atoms with Crippen molar-refractivity contribution in [3.05, 3.63) is 23.8 Å². The number of nitrogens with zero attached hydrogens (tertiary/aromatic N) is 1. The third-order valence-corrected chi connectivity index (χ3v) is 5.64. The van der Waals surface area contributed by atoms with E-state index in [1.54, 1.807) is 0 Å². The molecule has 192 valence electrons. The Hall–Kier alpha value is -3.67. The van der Waals surface area contributed by atoms with Crippen molar-refractivity contribution in [2.24, 2.45) is 11.7 Å². The van der Waals surface area contributed by atoms with Crippen molar-refractivity contribution in [2.45, 2.75) is 64.1 Å². The van der Waals surface area contributed by atoms with Crippen LogP contribution in [0.25, 0.3) is 0 Å². The molecule has 0 aromatic heterocycles. The standard InChI is InChI=1S/C23H32N4O8/c1-12(2)10-16(23(34)35)26-21(32)17-4-3-9-27(17)22(33)14-11-13(5-7-18(14)28)25-20(31)15(24)6-8-19(29)30/h5,7,11-12,15-17,28H,3-4,6,8-10,24H2,1-2H3,(H,25,31)(H,26,32)(H,29,30)(H,34,35)/t15-,16-,17-/m0/s1. The molecular formula is C23H32N4O8. The van der Waals surface area contributed by atoms with Gasteiger partial charge in [0.1, 0.15) is 17.8 Å². The summed E-state index contributed by atoms with van der Waals surface area (Å²) in [4.78, 5) is 61.7. The maximum Gasteiger partial charge on any atom is 0.326 e. The van der Waals surface area contributed by atoms with E-state index < -0.39 is 47.8 Å². The number of carbonyl (C=O) groups excluding carboxylic acids is 3. The Labute approximate surface area is 202 Å². The first kappa shape index (κ1) is 27.6. The van der Waals surface area contributed by atoms with E-state index in [2.05, 4.69) is 10.6 Å². The molecule has 35 heavy (non-hydrogen) atoms. The third kappa shape index (κ3) is 7.67. The second-order valence-corrected chi connectivity index (χ2v) is 8.95. The second-order valence-electron chi connectivity index (χ2n) is 8.95. The molecule has 1 aliphatic heterocycles. The normalized spacial score (nSPS) is 17.0. The quantitative estimate of drug-likeness (QED) is 0.241. The molecule has 1 fully saturated rings. The van der Waals surface area contributed by atoms with Crippen molar-refractivity contribution < 1.29 is 39.3 Å².